The normalized spacial score (nSPS) is 27.6. The van der Waals surface area contributed by atoms with Crippen LogP contribution in [0.4, 0.5) is 13.6 Å². The van der Waals surface area contributed by atoms with Crippen LogP contribution in [0.3, 0.4) is 0 Å². The molecule has 1 saturated carbocycles. The van der Waals surface area contributed by atoms with Crippen LogP contribution in [-0.4, -0.2) is 67.1 Å². The highest BCUT2D eigenvalue weighted by Gasteiger charge is 2.41. The number of likely N-dealkylation sites (tertiary alicyclic amines) is 1. The molecule has 2 rings (SSSR count). The fraction of sp³-hybridized carbons (Fsp3) is 0.875. The van der Waals surface area contributed by atoms with Crippen molar-refractivity contribution in [3.8, 4) is 0 Å². The highest BCUT2D eigenvalue weighted by Crippen LogP contribution is 2.31. The summed E-state index contributed by atoms with van der Waals surface area (Å²) < 4.78 is 31.8. The molecule has 0 aromatic carbocycles. The van der Waals surface area contributed by atoms with Crippen LogP contribution in [0.2, 0.25) is 0 Å². The molecule has 0 bridgehead atoms. The molecule has 2 aliphatic rings. The molecule has 1 saturated heterocycles. The lowest BCUT2D eigenvalue weighted by Crippen LogP contribution is -2.44. The summed E-state index contributed by atoms with van der Waals surface area (Å²) in [7, 11) is 3.28. The average Bonchev–Trinajstić information content (AvgIpc) is 2.88. The predicted molar refractivity (Wildman–Crippen MR) is 84.7 cm³/mol. The van der Waals surface area contributed by atoms with Crippen molar-refractivity contribution >= 4 is 12.0 Å². The first-order valence-corrected chi connectivity index (χ1v) is 8.48. The zero-order valence-corrected chi connectivity index (χ0v) is 14.3. The molecule has 0 unspecified atom stereocenters. The van der Waals surface area contributed by atoms with Gasteiger partial charge in [0.2, 0.25) is 5.91 Å². The third-order valence-electron chi connectivity index (χ3n) is 4.81. The van der Waals surface area contributed by atoms with Crippen LogP contribution in [0.5, 0.6) is 0 Å². The first-order valence-electron chi connectivity index (χ1n) is 8.48. The maximum Gasteiger partial charge on any atom is 0.409 e. The van der Waals surface area contributed by atoms with E-state index in [0.29, 0.717) is 6.42 Å². The molecule has 0 spiro atoms. The number of nitrogens with two attached hydrogens (primary N) is 1. The number of halogens is 2. The van der Waals surface area contributed by atoms with Crippen molar-refractivity contribution in [1.82, 2.24) is 9.80 Å². The minimum absolute atomic E-state index is 0.0762. The van der Waals surface area contributed by atoms with Gasteiger partial charge in [-0.05, 0) is 38.0 Å². The number of carbonyl (C=O) groups excluding carboxylic acids is 2. The summed E-state index contributed by atoms with van der Waals surface area (Å²) >= 11 is 0. The van der Waals surface area contributed by atoms with Gasteiger partial charge in [-0.2, -0.15) is 0 Å². The molecule has 138 valence electrons. The molecule has 2 amide bonds. The fourth-order valence-corrected chi connectivity index (χ4v) is 3.35. The molecule has 0 radical (unpaired) electrons. The summed E-state index contributed by atoms with van der Waals surface area (Å²) in [6.07, 6.45) is 2.90. The van der Waals surface area contributed by atoms with Gasteiger partial charge < -0.3 is 20.3 Å². The van der Waals surface area contributed by atoms with E-state index in [9.17, 15) is 18.4 Å². The highest BCUT2D eigenvalue weighted by molar-refractivity contribution is 5.82. The molecule has 1 heterocycles. The van der Waals surface area contributed by atoms with Crippen LogP contribution in [0, 0.1) is 5.92 Å². The number of ether oxygens (including phenoxy) is 1. The molecule has 1 aliphatic carbocycles. The van der Waals surface area contributed by atoms with Crippen LogP contribution in [0.25, 0.3) is 0 Å². The Labute approximate surface area is 141 Å². The first-order chi connectivity index (χ1) is 11.2. The molecule has 1 aliphatic heterocycles. The van der Waals surface area contributed by atoms with Gasteiger partial charge in [0.05, 0.1) is 12.6 Å². The van der Waals surface area contributed by atoms with Gasteiger partial charge in [0.15, 0.2) is 0 Å². The molecule has 0 aromatic rings. The Kier molecular flexibility index (Phi) is 6.01. The molecule has 24 heavy (non-hydrogen) atoms. The number of rotatable bonds is 4. The SMILES string of the molecule is CN(C)C(=O)OC1CCC(C[C@H](N)C(=O)N2CCC(F)(F)C2)CC1. The van der Waals surface area contributed by atoms with E-state index in [4.69, 9.17) is 10.5 Å². The zero-order chi connectivity index (χ0) is 17.9. The Morgan fingerprint density at radius 2 is 1.92 bits per heavy atom. The van der Waals surface area contributed by atoms with Crippen molar-refractivity contribution in [3.05, 3.63) is 0 Å². The average molecular weight is 347 g/mol. The van der Waals surface area contributed by atoms with Gasteiger partial charge in [-0.15, -0.1) is 0 Å². The van der Waals surface area contributed by atoms with Crippen molar-refractivity contribution in [2.75, 3.05) is 27.2 Å². The minimum Gasteiger partial charge on any atom is -0.446 e. The van der Waals surface area contributed by atoms with E-state index in [1.807, 2.05) is 0 Å². The van der Waals surface area contributed by atoms with E-state index >= 15 is 0 Å². The number of hydrogen-bond donors (Lipinski definition) is 1. The Hall–Kier alpha value is -1.44. The van der Waals surface area contributed by atoms with Crippen LogP contribution in [-0.2, 0) is 9.53 Å². The van der Waals surface area contributed by atoms with Crippen molar-refractivity contribution in [2.45, 2.75) is 56.6 Å². The number of alkyl halides is 2. The Morgan fingerprint density at radius 1 is 1.29 bits per heavy atom. The summed E-state index contributed by atoms with van der Waals surface area (Å²) in [5.41, 5.74) is 5.94. The summed E-state index contributed by atoms with van der Waals surface area (Å²) in [5, 5.41) is 0. The molecule has 8 heteroatoms. The third-order valence-corrected chi connectivity index (χ3v) is 4.81. The molecule has 0 aromatic heterocycles. The topological polar surface area (TPSA) is 75.9 Å². The number of amides is 2. The second kappa shape index (κ2) is 7.63. The monoisotopic (exact) mass is 347 g/mol. The lowest BCUT2D eigenvalue weighted by atomic mass is 9.83. The molecular weight excluding hydrogens is 320 g/mol. The molecule has 6 nitrogen and oxygen atoms in total. The van der Waals surface area contributed by atoms with Gasteiger partial charge in [-0.1, -0.05) is 0 Å². The van der Waals surface area contributed by atoms with Crippen molar-refractivity contribution in [2.24, 2.45) is 11.7 Å². The lowest BCUT2D eigenvalue weighted by Gasteiger charge is -2.31. The standard InChI is InChI=1S/C16H27F2N3O3/c1-20(2)15(23)24-12-5-3-11(4-6-12)9-13(19)14(22)21-8-7-16(17,18)10-21/h11-13H,3-10,19H2,1-2H3/t11?,12?,13-/m0/s1. The minimum atomic E-state index is -2.79. The van der Waals surface area contributed by atoms with Crippen LogP contribution in [0.15, 0.2) is 0 Å². The first kappa shape index (κ1) is 18.9. The van der Waals surface area contributed by atoms with Crippen LogP contribution in [0.1, 0.15) is 38.5 Å². The van der Waals surface area contributed by atoms with E-state index < -0.39 is 18.5 Å². The van der Waals surface area contributed by atoms with Gasteiger partial charge in [-0.3, -0.25) is 4.79 Å². The molecule has 2 fully saturated rings. The van der Waals surface area contributed by atoms with Gasteiger partial charge in [-0.25, -0.2) is 13.6 Å². The maximum atomic E-state index is 13.2. The van der Waals surface area contributed by atoms with Crippen LogP contribution >= 0.6 is 0 Å². The van der Waals surface area contributed by atoms with Gasteiger partial charge in [0, 0.05) is 27.1 Å². The van der Waals surface area contributed by atoms with E-state index in [-0.39, 0.29) is 37.0 Å². The third kappa shape index (κ3) is 5.03. The molecule has 1 atom stereocenters. The van der Waals surface area contributed by atoms with Crippen LogP contribution < -0.4 is 5.73 Å². The van der Waals surface area contributed by atoms with Crippen molar-refractivity contribution < 1.29 is 23.1 Å². The van der Waals surface area contributed by atoms with Gasteiger partial charge in [0.1, 0.15) is 6.10 Å². The lowest BCUT2D eigenvalue weighted by molar-refractivity contribution is -0.133. The van der Waals surface area contributed by atoms with E-state index in [2.05, 4.69) is 0 Å². The number of hydrogen-bond acceptors (Lipinski definition) is 4. The van der Waals surface area contributed by atoms with E-state index in [0.717, 1.165) is 25.7 Å². The molecule has 2 N–H and O–H groups in total. The Bertz CT molecular complexity index is 465. The smallest absolute Gasteiger partial charge is 0.409 e. The Morgan fingerprint density at radius 3 is 2.42 bits per heavy atom. The largest absolute Gasteiger partial charge is 0.446 e. The fourth-order valence-electron chi connectivity index (χ4n) is 3.35. The van der Waals surface area contributed by atoms with E-state index in [1.54, 1.807) is 14.1 Å². The van der Waals surface area contributed by atoms with Gasteiger partial charge >= 0.3 is 6.09 Å². The quantitative estimate of drug-likeness (QED) is 0.842. The van der Waals surface area contributed by atoms with E-state index in [1.165, 1.54) is 9.80 Å². The highest BCUT2D eigenvalue weighted by atomic mass is 19.3. The summed E-state index contributed by atoms with van der Waals surface area (Å²) in [6.45, 7) is -0.445. The number of carbonyl (C=O) groups is 2. The number of nitrogens with zero attached hydrogens (tertiary/aromatic N) is 2. The second-order valence-electron chi connectivity index (χ2n) is 7.13. The van der Waals surface area contributed by atoms with Gasteiger partial charge in [0.25, 0.3) is 5.92 Å². The summed E-state index contributed by atoms with van der Waals surface area (Å²) in [5.74, 6) is -2.90. The summed E-state index contributed by atoms with van der Waals surface area (Å²) in [6, 6.07) is -0.732. The summed E-state index contributed by atoms with van der Waals surface area (Å²) in [4.78, 5) is 26.3. The maximum absolute atomic E-state index is 13.2. The zero-order valence-electron chi connectivity index (χ0n) is 14.3. The molecular formula is C16H27F2N3O3. The van der Waals surface area contributed by atoms with Crippen molar-refractivity contribution in [3.63, 3.8) is 0 Å². The second-order valence-corrected chi connectivity index (χ2v) is 7.13. The predicted octanol–water partition coefficient (Wildman–Crippen LogP) is 1.83. The Balaban J connectivity index is 1.73. The van der Waals surface area contributed by atoms with Crippen molar-refractivity contribution in [1.29, 1.82) is 0 Å².